The number of carbonyl (C=O) groups excluding carboxylic acids is 2. The highest BCUT2D eigenvalue weighted by atomic mass is 19.1. The summed E-state index contributed by atoms with van der Waals surface area (Å²) >= 11 is 0. The molecule has 6 nitrogen and oxygen atoms in total. The fourth-order valence-corrected chi connectivity index (χ4v) is 3.41. The number of imide groups is 1. The molecule has 0 saturated heterocycles. The summed E-state index contributed by atoms with van der Waals surface area (Å²) in [5.74, 6) is -3.15. The lowest BCUT2D eigenvalue weighted by Gasteiger charge is -2.25. The molecular formula is C23H24F2N2O4. The van der Waals surface area contributed by atoms with Gasteiger partial charge in [0.1, 0.15) is 17.3 Å². The van der Waals surface area contributed by atoms with E-state index in [9.17, 15) is 18.4 Å². The van der Waals surface area contributed by atoms with E-state index in [0.717, 1.165) is 22.6 Å². The Labute approximate surface area is 179 Å². The highest BCUT2D eigenvalue weighted by Crippen LogP contribution is 2.36. The van der Waals surface area contributed by atoms with Crippen LogP contribution in [0.5, 0.6) is 0 Å². The Morgan fingerprint density at radius 1 is 0.903 bits per heavy atom. The number of methoxy groups -OCH3 is 2. The Morgan fingerprint density at radius 3 is 2.06 bits per heavy atom. The second kappa shape index (κ2) is 9.80. The molecule has 1 heterocycles. The molecule has 2 aromatic rings. The van der Waals surface area contributed by atoms with Crippen molar-refractivity contribution >= 4 is 23.1 Å². The summed E-state index contributed by atoms with van der Waals surface area (Å²) in [6, 6.07) is 9.88. The van der Waals surface area contributed by atoms with Crippen LogP contribution >= 0.6 is 0 Å². The first kappa shape index (κ1) is 22.6. The maximum absolute atomic E-state index is 14.5. The minimum absolute atomic E-state index is 0.131. The SMILES string of the molecule is COCCN(CCOC)C1=C(c2ccc(C)cc2)C(=O)N(c2ccc(F)cc2F)C1=O. The van der Waals surface area contributed by atoms with E-state index in [1.165, 1.54) is 14.2 Å². The number of halogens is 2. The zero-order valence-corrected chi connectivity index (χ0v) is 17.7. The molecule has 0 N–H and O–H groups in total. The van der Waals surface area contributed by atoms with E-state index in [4.69, 9.17) is 9.47 Å². The minimum Gasteiger partial charge on any atom is -0.383 e. The molecule has 3 rings (SSSR count). The molecule has 164 valence electrons. The first-order valence-electron chi connectivity index (χ1n) is 9.77. The molecule has 0 atom stereocenters. The highest BCUT2D eigenvalue weighted by molar-refractivity contribution is 6.45. The maximum Gasteiger partial charge on any atom is 0.282 e. The zero-order chi connectivity index (χ0) is 22.5. The van der Waals surface area contributed by atoms with Crippen molar-refractivity contribution in [3.63, 3.8) is 0 Å². The van der Waals surface area contributed by atoms with Crippen molar-refractivity contribution < 1.29 is 27.8 Å². The molecule has 0 aromatic heterocycles. The minimum atomic E-state index is -0.994. The summed E-state index contributed by atoms with van der Waals surface area (Å²) in [6.45, 7) is 3.17. The molecule has 0 bridgehead atoms. The predicted octanol–water partition coefficient (Wildman–Crippen LogP) is 3.15. The van der Waals surface area contributed by atoms with Crippen molar-refractivity contribution in [1.29, 1.82) is 0 Å². The van der Waals surface area contributed by atoms with Gasteiger partial charge in [0.15, 0.2) is 0 Å². The quantitative estimate of drug-likeness (QED) is 0.572. The third-order valence-corrected chi connectivity index (χ3v) is 5.00. The number of hydrogen-bond acceptors (Lipinski definition) is 5. The Hall–Kier alpha value is -3.10. The van der Waals surface area contributed by atoms with Crippen LogP contribution in [-0.4, -0.2) is 57.2 Å². The lowest BCUT2D eigenvalue weighted by atomic mass is 10.0. The van der Waals surface area contributed by atoms with Crippen molar-refractivity contribution in [2.45, 2.75) is 6.92 Å². The van der Waals surface area contributed by atoms with Crippen LogP contribution < -0.4 is 4.90 Å². The van der Waals surface area contributed by atoms with Crippen LogP contribution in [0, 0.1) is 18.6 Å². The predicted molar refractivity (Wildman–Crippen MR) is 112 cm³/mol. The fraction of sp³-hybridized carbons (Fsp3) is 0.304. The molecule has 1 aliphatic heterocycles. The Kier molecular flexibility index (Phi) is 7.14. The fourth-order valence-electron chi connectivity index (χ4n) is 3.41. The summed E-state index contributed by atoms with van der Waals surface area (Å²) in [6.07, 6.45) is 0. The zero-order valence-electron chi connectivity index (χ0n) is 17.7. The number of rotatable bonds is 9. The van der Waals surface area contributed by atoms with E-state index in [2.05, 4.69) is 0 Å². The van der Waals surface area contributed by atoms with E-state index in [1.54, 1.807) is 17.0 Å². The summed E-state index contributed by atoms with van der Waals surface area (Å²) in [5.41, 5.74) is 1.51. The molecule has 2 amide bonds. The van der Waals surface area contributed by atoms with Gasteiger partial charge in [-0.25, -0.2) is 13.7 Å². The van der Waals surface area contributed by atoms with Crippen LogP contribution in [0.2, 0.25) is 0 Å². The molecule has 0 saturated carbocycles. The molecule has 0 radical (unpaired) electrons. The lowest BCUT2D eigenvalue weighted by molar-refractivity contribution is -0.120. The van der Waals surface area contributed by atoms with E-state index in [-0.39, 0.29) is 17.0 Å². The van der Waals surface area contributed by atoms with Gasteiger partial charge in [-0.15, -0.1) is 0 Å². The first-order chi connectivity index (χ1) is 14.9. The van der Waals surface area contributed by atoms with E-state index >= 15 is 0 Å². The average molecular weight is 430 g/mol. The largest absolute Gasteiger partial charge is 0.383 e. The van der Waals surface area contributed by atoms with E-state index in [0.29, 0.717) is 37.9 Å². The molecule has 0 aliphatic carbocycles. The van der Waals surface area contributed by atoms with Gasteiger partial charge in [0.25, 0.3) is 11.8 Å². The van der Waals surface area contributed by atoms with Gasteiger partial charge >= 0.3 is 0 Å². The molecule has 8 heteroatoms. The molecule has 2 aromatic carbocycles. The van der Waals surface area contributed by atoms with Gasteiger partial charge in [0.05, 0.1) is 24.5 Å². The normalized spacial score (nSPS) is 14.0. The number of amides is 2. The van der Waals surface area contributed by atoms with Crippen molar-refractivity contribution in [1.82, 2.24) is 4.90 Å². The molecule has 31 heavy (non-hydrogen) atoms. The van der Waals surface area contributed by atoms with Crippen molar-refractivity contribution in [3.8, 4) is 0 Å². The van der Waals surface area contributed by atoms with Crippen LogP contribution in [0.3, 0.4) is 0 Å². The highest BCUT2D eigenvalue weighted by Gasteiger charge is 2.43. The van der Waals surface area contributed by atoms with Gasteiger partial charge in [-0.3, -0.25) is 9.59 Å². The van der Waals surface area contributed by atoms with Gasteiger partial charge in [-0.05, 0) is 24.6 Å². The monoisotopic (exact) mass is 430 g/mol. The Balaban J connectivity index is 2.14. The molecule has 0 unspecified atom stereocenters. The molecule has 1 aliphatic rings. The number of benzene rings is 2. The average Bonchev–Trinajstić information content (AvgIpc) is 2.99. The number of ether oxygens (including phenoxy) is 2. The summed E-state index contributed by atoms with van der Waals surface area (Å²) < 4.78 is 38.2. The first-order valence-corrected chi connectivity index (χ1v) is 9.77. The van der Waals surface area contributed by atoms with E-state index in [1.807, 2.05) is 19.1 Å². The van der Waals surface area contributed by atoms with Gasteiger partial charge in [-0.2, -0.15) is 0 Å². The van der Waals surface area contributed by atoms with Crippen LogP contribution in [0.15, 0.2) is 48.2 Å². The van der Waals surface area contributed by atoms with Gasteiger partial charge in [0.2, 0.25) is 0 Å². The smallest absolute Gasteiger partial charge is 0.282 e. The second-order valence-corrected chi connectivity index (χ2v) is 7.10. The lowest BCUT2D eigenvalue weighted by Crippen LogP contribution is -2.38. The van der Waals surface area contributed by atoms with Crippen LogP contribution in [0.1, 0.15) is 11.1 Å². The Morgan fingerprint density at radius 2 is 1.52 bits per heavy atom. The van der Waals surface area contributed by atoms with Crippen molar-refractivity contribution in [2.24, 2.45) is 0 Å². The Bertz CT molecular complexity index is 997. The summed E-state index contributed by atoms with van der Waals surface area (Å²) in [7, 11) is 3.07. The molecular weight excluding hydrogens is 406 g/mol. The number of hydrogen-bond donors (Lipinski definition) is 0. The van der Waals surface area contributed by atoms with Crippen LogP contribution in [0.25, 0.3) is 5.57 Å². The maximum atomic E-state index is 14.5. The second-order valence-electron chi connectivity index (χ2n) is 7.10. The third-order valence-electron chi connectivity index (χ3n) is 5.00. The number of aryl methyl sites for hydroxylation is 1. The number of anilines is 1. The summed E-state index contributed by atoms with van der Waals surface area (Å²) in [4.78, 5) is 29.3. The van der Waals surface area contributed by atoms with Crippen molar-refractivity contribution in [3.05, 3.63) is 70.9 Å². The van der Waals surface area contributed by atoms with Gasteiger partial charge < -0.3 is 14.4 Å². The number of carbonyl (C=O) groups is 2. The van der Waals surface area contributed by atoms with Gasteiger partial charge in [-0.1, -0.05) is 29.8 Å². The van der Waals surface area contributed by atoms with Crippen LogP contribution in [0.4, 0.5) is 14.5 Å². The summed E-state index contributed by atoms with van der Waals surface area (Å²) in [5, 5.41) is 0. The van der Waals surface area contributed by atoms with E-state index < -0.39 is 23.4 Å². The molecule has 0 fully saturated rings. The molecule has 0 spiro atoms. The van der Waals surface area contributed by atoms with Gasteiger partial charge in [0, 0.05) is 33.4 Å². The topological polar surface area (TPSA) is 59.1 Å². The standard InChI is InChI=1S/C23H24F2N2O4/c1-15-4-6-16(7-5-15)20-21(26(10-12-30-2)11-13-31-3)23(29)27(22(20)28)19-9-8-17(24)14-18(19)25/h4-9,14H,10-13H2,1-3H3. The van der Waals surface area contributed by atoms with Crippen molar-refractivity contribution in [2.75, 3.05) is 45.4 Å². The van der Waals surface area contributed by atoms with Crippen LogP contribution in [-0.2, 0) is 19.1 Å². The number of nitrogens with zero attached hydrogens (tertiary/aromatic N) is 2. The third kappa shape index (κ3) is 4.65.